The van der Waals surface area contributed by atoms with E-state index < -0.39 is 0 Å². The lowest BCUT2D eigenvalue weighted by Gasteiger charge is -2.24. The predicted molar refractivity (Wildman–Crippen MR) is 82.9 cm³/mol. The van der Waals surface area contributed by atoms with Gasteiger partial charge in [0.15, 0.2) is 0 Å². The molecule has 2 unspecified atom stereocenters. The summed E-state index contributed by atoms with van der Waals surface area (Å²) >= 11 is 3.64. The lowest BCUT2D eigenvalue weighted by Crippen LogP contribution is -2.23. The molecule has 0 radical (unpaired) electrons. The van der Waals surface area contributed by atoms with Crippen LogP contribution in [0.1, 0.15) is 31.9 Å². The van der Waals surface area contributed by atoms with Crippen LogP contribution in [-0.4, -0.2) is 7.05 Å². The van der Waals surface area contributed by atoms with E-state index in [4.69, 9.17) is 0 Å². The van der Waals surface area contributed by atoms with Gasteiger partial charge < -0.3 is 5.32 Å². The molecule has 18 heavy (non-hydrogen) atoms. The van der Waals surface area contributed by atoms with Crippen LogP contribution in [0.5, 0.6) is 0 Å². The van der Waals surface area contributed by atoms with Gasteiger partial charge in [-0.05, 0) is 35.4 Å². The molecule has 0 bridgehead atoms. The van der Waals surface area contributed by atoms with Gasteiger partial charge in [0.2, 0.25) is 0 Å². The van der Waals surface area contributed by atoms with Gasteiger partial charge in [0, 0.05) is 10.5 Å². The minimum atomic E-state index is 0.410. The van der Waals surface area contributed by atoms with Gasteiger partial charge in [-0.1, -0.05) is 66.5 Å². The van der Waals surface area contributed by atoms with Gasteiger partial charge >= 0.3 is 0 Å². The smallest absolute Gasteiger partial charge is 0.0349 e. The van der Waals surface area contributed by atoms with Crippen LogP contribution in [0.2, 0.25) is 0 Å². The fourth-order valence-corrected chi connectivity index (χ4v) is 3.02. The normalized spacial score (nSPS) is 14.7. The van der Waals surface area contributed by atoms with Gasteiger partial charge in [0.1, 0.15) is 0 Å². The Bertz CT molecular complexity index is 536. The Labute approximate surface area is 118 Å². The average molecular weight is 306 g/mol. The maximum atomic E-state index is 3.64. The van der Waals surface area contributed by atoms with Crippen LogP contribution >= 0.6 is 15.9 Å². The lowest BCUT2D eigenvalue weighted by atomic mass is 9.89. The van der Waals surface area contributed by atoms with E-state index in [0.29, 0.717) is 12.0 Å². The summed E-state index contributed by atoms with van der Waals surface area (Å²) < 4.78 is 1.17. The molecule has 0 aromatic heterocycles. The Balaban J connectivity index is 2.60. The van der Waals surface area contributed by atoms with Crippen molar-refractivity contribution in [2.24, 2.45) is 5.92 Å². The second-order valence-corrected chi connectivity index (χ2v) is 5.69. The first-order chi connectivity index (χ1) is 8.69. The topological polar surface area (TPSA) is 12.0 Å². The van der Waals surface area contributed by atoms with Crippen LogP contribution in [0.4, 0.5) is 0 Å². The van der Waals surface area contributed by atoms with Crippen LogP contribution in [0, 0.1) is 5.92 Å². The van der Waals surface area contributed by atoms with E-state index in [1.165, 1.54) is 27.2 Å². The Morgan fingerprint density at radius 1 is 1.11 bits per heavy atom. The molecule has 0 saturated carbocycles. The first-order valence-electron chi connectivity index (χ1n) is 6.53. The van der Waals surface area contributed by atoms with E-state index in [9.17, 15) is 0 Å². The largest absolute Gasteiger partial charge is 0.313 e. The number of rotatable bonds is 4. The molecule has 0 heterocycles. The maximum Gasteiger partial charge on any atom is 0.0349 e. The van der Waals surface area contributed by atoms with E-state index in [0.717, 1.165) is 0 Å². The van der Waals surface area contributed by atoms with Crippen LogP contribution in [0.3, 0.4) is 0 Å². The van der Waals surface area contributed by atoms with E-state index in [2.05, 4.69) is 71.5 Å². The van der Waals surface area contributed by atoms with Crippen molar-refractivity contribution in [3.05, 3.63) is 46.4 Å². The third kappa shape index (κ3) is 2.45. The van der Waals surface area contributed by atoms with E-state index in [-0.39, 0.29) is 0 Å². The molecule has 0 saturated heterocycles. The highest BCUT2D eigenvalue weighted by atomic mass is 79.9. The zero-order chi connectivity index (χ0) is 13.1. The summed E-state index contributed by atoms with van der Waals surface area (Å²) in [5, 5.41) is 6.10. The van der Waals surface area contributed by atoms with Gasteiger partial charge in [-0.25, -0.2) is 0 Å². The fraction of sp³-hybridized carbons (Fsp3) is 0.375. The summed E-state index contributed by atoms with van der Waals surface area (Å²) in [4.78, 5) is 0. The van der Waals surface area contributed by atoms with Crippen LogP contribution in [0.15, 0.2) is 40.9 Å². The molecule has 0 aliphatic rings. The molecular weight excluding hydrogens is 286 g/mol. The third-order valence-electron chi connectivity index (χ3n) is 3.76. The summed E-state index contributed by atoms with van der Waals surface area (Å²) in [6.07, 6.45) is 1.18. The Hall–Kier alpha value is -0.860. The molecule has 2 aromatic carbocycles. The molecule has 0 aliphatic carbocycles. The standard InChI is InChI=1S/C16H20BrN/c1-4-11(2)16(18-3)14-9-10-15(17)13-8-6-5-7-12(13)14/h5-11,16,18H,4H2,1-3H3. The highest BCUT2D eigenvalue weighted by Gasteiger charge is 2.18. The molecule has 0 fully saturated rings. The van der Waals surface area contributed by atoms with E-state index >= 15 is 0 Å². The predicted octanol–water partition coefficient (Wildman–Crippen LogP) is 4.91. The van der Waals surface area contributed by atoms with Crippen molar-refractivity contribution >= 4 is 26.7 Å². The zero-order valence-electron chi connectivity index (χ0n) is 11.2. The molecule has 0 amide bonds. The summed E-state index contributed by atoms with van der Waals surface area (Å²) in [5.74, 6) is 0.625. The van der Waals surface area contributed by atoms with Crippen molar-refractivity contribution in [3.63, 3.8) is 0 Å². The monoisotopic (exact) mass is 305 g/mol. The number of hydrogen-bond acceptors (Lipinski definition) is 1. The van der Waals surface area contributed by atoms with Crippen molar-refractivity contribution in [3.8, 4) is 0 Å². The summed E-state index contributed by atoms with van der Waals surface area (Å²) in [6, 6.07) is 13.4. The summed E-state index contributed by atoms with van der Waals surface area (Å²) in [7, 11) is 2.05. The SMILES string of the molecule is CCC(C)C(NC)c1ccc(Br)c2ccccc12. The van der Waals surface area contributed by atoms with Crippen molar-refractivity contribution in [1.82, 2.24) is 5.32 Å². The Morgan fingerprint density at radius 3 is 2.39 bits per heavy atom. The molecule has 96 valence electrons. The van der Waals surface area contributed by atoms with Crippen molar-refractivity contribution in [2.75, 3.05) is 7.05 Å². The number of benzene rings is 2. The quantitative estimate of drug-likeness (QED) is 0.846. The number of nitrogens with one attached hydrogen (secondary N) is 1. The van der Waals surface area contributed by atoms with Gasteiger partial charge in [-0.15, -0.1) is 0 Å². The Morgan fingerprint density at radius 2 is 1.78 bits per heavy atom. The zero-order valence-corrected chi connectivity index (χ0v) is 12.8. The molecule has 0 aliphatic heterocycles. The molecule has 2 aromatic rings. The van der Waals surface area contributed by atoms with E-state index in [1.54, 1.807) is 0 Å². The minimum Gasteiger partial charge on any atom is -0.313 e. The van der Waals surface area contributed by atoms with Crippen molar-refractivity contribution in [2.45, 2.75) is 26.3 Å². The van der Waals surface area contributed by atoms with Gasteiger partial charge in [0.05, 0.1) is 0 Å². The van der Waals surface area contributed by atoms with Crippen LogP contribution in [0.25, 0.3) is 10.8 Å². The third-order valence-corrected chi connectivity index (χ3v) is 4.46. The summed E-state index contributed by atoms with van der Waals surface area (Å²) in [5.41, 5.74) is 1.39. The highest BCUT2D eigenvalue weighted by Crippen LogP contribution is 2.33. The molecule has 2 heteroatoms. The minimum absolute atomic E-state index is 0.410. The maximum absolute atomic E-state index is 3.64. The van der Waals surface area contributed by atoms with Crippen molar-refractivity contribution in [1.29, 1.82) is 0 Å². The van der Waals surface area contributed by atoms with E-state index in [1.807, 2.05) is 7.05 Å². The number of halogens is 1. The molecular formula is C16H20BrN. The average Bonchev–Trinajstić information content (AvgIpc) is 2.42. The molecule has 0 spiro atoms. The molecule has 1 nitrogen and oxygen atoms in total. The molecule has 2 atom stereocenters. The summed E-state index contributed by atoms with van der Waals surface area (Å²) in [6.45, 7) is 4.55. The molecule has 1 N–H and O–H groups in total. The second-order valence-electron chi connectivity index (χ2n) is 4.83. The van der Waals surface area contributed by atoms with Crippen LogP contribution in [-0.2, 0) is 0 Å². The number of fused-ring (bicyclic) bond motifs is 1. The highest BCUT2D eigenvalue weighted by molar-refractivity contribution is 9.10. The lowest BCUT2D eigenvalue weighted by molar-refractivity contribution is 0.402. The number of hydrogen-bond donors (Lipinski definition) is 1. The van der Waals surface area contributed by atoms with Gasteiger partial charge in [0.25, 0.3) is 0 Å². The second kappa shape index (κ2) is 5.85. The van der Waals surface area contributed by atoms with Crippen LogP contribution < -0.4 is 5.32 Å². The first-order valence-corrected chi connectivity index (χ1v) is 7.32. The van der Waals surface area contributed by atoms with Gasteiger partial charge in [-0.2, -0.15) is 0 Å². The van der Waals surface area contributed by atoms with Crippen molar-refractivity contribution < 1.29 is 0 Å². The fourth-order valence-electron chi connectivity index (χ4n) is 2.54. The molecule has 2 rings (SSSR count). The Kier molecular flexibility index (Phi) is 4.41. The van der Waals surface area contributed by atoms with Gasteiger partial charge in [-0.3, -0.25) is 0 Å². The first kappa shape index (κ1) is 13.6.